The highest BCUT2D eigenvalue weighted by atomic mass is 35.6. The molecule has 0 aliphatic carbocycles. The van der Waals surface area contributed by atoms with Crippen molar-refractivity contribution in [1.82, 2.24) is 4.98 Å². The van der Waals surface area contributed by atoms with E-state index >= 15 is 0 Å². The van der Waals surface area contributed by atoms with Gasteiger partial charge in [-0.2, -0.15) is 0 Å². The van der Waals surface area contributed by atoms with E-state index in [9.17, 15) is 9.50 Å². The van der Waals surface area contributed by atoms with Crippen LogP contribution in [0.3, 0.4) is 0 Å². The van der Waals surface area contributed by atoms with E-state index in [1.54, 1.807) is 18.2 Å². The summed E-state index contributed by atoms with van der Waals surface area (Å²) in [6, 6.07) is 32.7. The second kappa shape index (κ2) is 11.2. The number of azo groups is 1. The number of halogens is 2. The predicted octanol–water partition coefficient (Wildman–Crippen LogP) is 7.13. The number of amidine groups is 1. The minimum Gasteiger partial charge on any atom is -0.494 e. The molecule has 0 radical (unpaired) electrons. The first-order chi connectivity index (χ1) is 18.4. The summed E-state index contributed by atoms with van der Waals surface area (Å²) in [5.74, 6) is -0.405. The van der Waals surface area contributed by atoms with Gasteiger partial charge in [-0.15, -0.1) is 21.3 Å². The van der Waals surface area contributed by atoms with Gasteiger partial charge < -0.3 is 10.1 Å². The Morgan fingerprint density at radius 3 is 2.05 bits per heavy atom. The first kappa shape index (κ1) is 25.7. The molecule has 0 atom stereocenters. The molecule has 0 aliphatic heterocycles. The number of hydrogen-bond donors (Lipinski definition) is 3. The van der Waals surface area contributed by atoms with Gasteiger partial charge in [0.2, 0.25) is 0 Å². The van der Waals surface area contributed by atoms with Crippen LogP contribution >= 0.6 is 22.3 Å². The molecule has 9 heteroatoms. The summed E-state index contributed by atoms with van der Waals surface area (Å²) in [6.45, 7) is -2.94. The number of H-pyrrole nitrogens is 1. The van der Waals surface area contributed by atoms with Crippen LogP contribution in [-0.2, 0) is 0 Å². The third-order valence-corrected chi connectivity index (χ3v) is 13.5. The quantitative estimate of drug-likeness (QED) is 0.0683. The summed E-state index contributed by atoms with van der Waals surface area (Å²) in [4.78, 5) is 2.95. The zero-order valence-electron chi connectivity index (χ0n) is 20.0. The summed E-state index contributed by atoms with van der Waals surface area (Å²) in [7, 11) is 0. The number of rotatable bonds is 6. The SMILES string of the molecule is N=C(N=N/C(=C/c1c(O)[nH]c2ccccc12)c1ccc(F)cc1)S[Si](Cl)(c1ccccc1)c1ccccc1. The highest BCUT2D eigenvalue weighted by Crippen LogP contribution is 2.32. The number of nitrogens with zero attached hydrogens (tertiary/aromatic N) is 2. The van der Waals surface area contributed by atoms with E-state index in [1.807, 2.05) is 84.9 Å². The van der Waals surface area contributed by atoms with E-state index in [2.05, 4.69) is 15.2 Å². The number of hydrogen-bond acceptors (Lipinski definition) is 4. The monoisotopic (exact) mass is 556 g/mol. The summed E-state index contributed by atoms with van der Waals surface area (Å²) in [5, 5.41) is 30.4. The average molecular weight is 557 g/mol. The van der Waals surface area contributed by atoms with E-state index in [-0.39, 0.29) is 16.9 Å². The summed E-state index contributed by atoms with van der Waals surface area (Å²) in [5.41, 5.74) is 2.22. The molecule has 5 rings (SSSR count). The van der Waals surface area contributed by atoms with Crippen molar-refractivity contribution < 1.29 is 9.50 Å². The zero-order chi connectivity index (χ0) is 26.5. The van der Waals surface area contributed by atoms with E-state index in [0.717, 1.165) is 21.3 Å². The van der Waals surface area contributed by atoms with Crippen LogP contribution < -0.4 is 10.4 Å². The lowest BCUT2D eigenvalue weighted by atomic mass is 10.1. The smallest absolute Gasteiger partial charge is 0.284 e. The Morgan fingerprint density at radius 1 is 0.842 bits per heavy atom. The van der Waals surface area contributed by atoms with E-state index < -0.39 is 6.53 Å². The maximum atomic E-state index is 13.7. The molecule has 0 unspecified atom stereocenters. The van der Waals surface area contributed by atoms with E-state index in [1.165, 1.54) is 23.3 Å². The summed E-state index contributed by atoms with van der Waals surface area (Å²) < 4.78 is 13.7. The van der Waals surface area contributed by atoms with Crippen molar-refractivity contribution >= 4 is 67.0 Å². The molecule has 0 saturated heterocycles. The molecule has 38 heavy (non-hydrogen) atoms. The van der Waals surface area contributed by atoms with Crippen LogP contribution in [0.25, 0.3) is 22.7 Å². The van der Waals surface area contributed by atoms with Gasteiger partial charge in [-0.25, -0.2) is 4.39 Å². The first-order valence-corrected chi connectivity index (χ1v) is 16.3. The Hall–Kier alpha value is -3.98. The minimum absolute atomic E-state index is 0.0224. The largest absolute Gasteiger partial charge is 0.494 e. The number of para-hydroxylation sites is 1. The van der Waals surface area contributed by atoms with Gasteiger partial charge in [0.1, 0.15) is 5.82 Å². The Labute approximate surface area is 228 Å². The van der Waals surface area contributed by atoms with E-state index in [0.29, 0.717) is 16.8 Å². The number of aromatic hydroxyl groups is 1. The van der Waals surface area contributed by atoms with Crippen LogP contribution in [-0.4, -0.2) is 21.8 Å². The summed E-state index contributed by atoms with van der Waals surface area (Å²) >= 11 is 8.49. The minimum atomic E-state index is -2.94. The third kappa shape index (κ3) is 5.47. The van der Waals surface area contributed by atoms with Crippen LogP contribution in [0.15, 0.2) is 119 Å². The molecule has 0 spiro atoms. The normalized spacial score (nSPS) is 12.3. The van der Waals surface area contributed by atoms with Crippen LogP contribution in [0, 0.1) is 11.2 Å². The average Bonchev–Trinajstić information content (AvgIpc) is 3.27. The number of aromatic amines is 1. The Morgan fingerprint density at radius 2 is 1.42 bits per heavy atom. The molecule has 0 fully saturated rings. The molecular formula is C29H22ClFN4OSSi. The standard InChI is InChI=1S/C29H22ClFN4OSSi/c30-38(22-9-3-1-4-10-22,23-11-5-2-6-12-23)37-29(32)35-34-27(20-15-17-21(31)18-16-20)19-25-24-13-7-8-14-26(24)33-28(25)36/h1-19,32-33,36H/b27-19+,32-29?,35-34?. The number of fused-ring (bicyclic) bond motifs is 1. The van der Waals surface area contributed by atoms with Crippen LogP contribution in [0.5, 0.6) is 5.88 Å². The number of benzene rings is 4. The van der Waals surface area contributed by atoms with Crippen molar-refractivity contribution in [1.29, 1.82) is 5.41 Å². The molecule has 1 heterocycles. The van der Waals surface area contributed by atoms with Gasteiger partial charge >= 0.3 is 0 Å². The van der Waals surface area contributed by atoms with Crippen molar-refractivity contribution in [2.75, 3.05) is 0 Å². The topological polar surface area (TPSA) is 84.6 Å². The van der Waals surface area contributed by atoms with Gasteiger partial charge in [0.25, 0.3) is 6.53 Å². The number of aromatic nitrogens is 1. The summed E-state index contributed by atoms with van der Waals surface area (Å²) in [6.07, 6.45) is 1.67. The van der Waals surface area contributed by atoms with Gasteiger partial charge in [-0.05, 0) is 46.8 Å². The fourth-order valence-electron chi connectivity index (χ4n) is 4.07. The fourth-order valence-corrected chi connectivity index (χ4v) is 10.1. The first-order valence-electron chi connectivity index (χ1n) is 11.7. The molecule has 1 aromatic heterocycles. The Balaban J connectivity index is 1.52. The lowest BCUT2D eigenvalue weighted by Crippen LogP contribution is -2.51. The second-order valence-corrected chi connectivity index (χ2v) is 16.2. The fraction of sp³-hybridized carbons (Fsp3) is 0. The van der Waals surface area contributed by atoms with Gasteiger partial charge in [0.15, 0.2) is 11.0 Å². The molecule has 3 N–H and O–H groups in total. The Bertz CT molecular complexity index is 1600. The van der Waals surface area contributed by atoms with Crippen molar-refractivity contribution in [3.63, 3.8) is 0 Å². The van der Waals surface area contributed by atoms with Crippen LogP contribution in [0.4, 0.5) is 4.39 Å². The van der Waals surface area contributed by atoms with Crippen LogP contribution in [0.2, 0.25) is 0 Å². The molecule has 0 saturated carbocycles. The van der Waals surface area contributed by atoms with Gasteiger partial charge in [-0.3, -0.25) is 5.41 Å². The molecule has 0 bridgehead atoms. The molecule has 4 aromatic carbocycles. The molecule has 0 aliphatic rings. The lowest BCUT2D eigenvalue weighted by molar-refractivity contribution is 0.457. The van der Waals surface area contributed by atoms with Crippen molar-refractivity contribution in [3.05, 3.63) is 126 Å². The maximum absolute atomic E-state index is 13.7. The molecule has 5 nitrogen and oxygen atoms in total. The van der Waals surface area contributed by atoms with Gasteiger partial charge in [0, 0.05) is 22.0 Å². The second-order valence-electron chi connectivity index (χ2n) is 8.40. The molecular weight excluding hydrogens is 535 g/mol. The van der Waals surface area contributed by atoms with E-state index in [4.69, 9.17) is 16.5 Å². The van der Waals surface area contributed by atoms with Crippen molar-refractivity contribution in [2.45, 2.75) is 0 Å². The highest BCUT2D eigenvalue weighted by molar-refractivity contribution is 8.45. The van der Waals surface area contributed by atoms with Crippen molar-refractivity contribution in [2.24, 2.45) is 10.2 Å². The van der Waals surface area contributed by atoms with Gasteiger partial charge in [0.05, 0.1) is 5.70 Å². The molecule has 188 valence electrons. The lowest BCUT2D eigenvalue weighted by Gasteiger charge is -2.23. The third-order valence-electron chi connectivity index (χ3n) is 5.92. The highest BCUT2D eigenvalue weighted by Gasteiger charge is 2.38. The molecule has 0 amide bonds. The van der Waals surface area contributed by atoms with Gasteiger partial charge in [-0.1, -0.05) is 90.1 Å². The molecule has 5 aromatic rings. The Kier molecular flexibility index (Phi) is 7.55. The van der Waals surface area contributed by atoms with Crippen molar-refractivity contribution in [3.8, 4) is 5.88 Å². The number of nitrogens with one attached hydrogen (secondary N) is 2. The predicted molar refractivity (Wildman–Crippen MR) is 158 cm³/mol. The zero-order valence-corrected chi connectivity index (χ0v) is 22.5. The van der Waals surface area contributed by atoms with Crippen LogP contribution in [0.1, 0.15) is 11.1 Å². The maximum Gasteiger partial charge on any atom is 0.284 e.